The Morgan fingerprint density at radius 3 is 2.49 bits per heavy atom. The van der Waals surface area contributed by atoms with Gasteiger partial charge in [0.2, 0.25) is 0 Å². The van der Waals surface area contributed by atoms with E-state index in [1.54, 1.807) is 5.57 Å². The maximum absolute atomic E-state index is 10.1. The zero-order chi connectivity index (χ0) is 27.5. The van der Waals surface area contributed by atoms with Crippen LogP contribution in [0.1, 0.15) is 76.1 Å². The van der Waals surface area contributed by atoms with Crippen LogP contribution >= 0.6 is 24.2 Å². The summed E-state index contributed by atoms with van der Waals surface area (Å²) in [5, 5.41) is 11.9. The zero-order valence-corrected chi connectivity index (χ0v) is 27.4. The van der Waals surface area contributed by atoms with Crippen molar-refractivity contribution in [3.63, 3.8) is 0 Å². The van der Waals surface area contributed by atoms with E-state index in [1.165, 1.54) is 30.4 Å². The molecule has 0 spiro atoms. The SMILES string of the molecule is C/C=C(/CCCc1cccc(/C=C/c2ccc3ccc(Cl)cc3n2)c1)CC(C)C.O=C([O-])CC1(CS)CC1.[Na+]. The van der Waals surface area contributed by atoms with E-state index in [1.807, 2.05) is 24.3 Å². The average Bonchev–Trinajstić information content (AvgIpc) is 3.66. The first-order valence-corrected chi connectivity index (χ1v) is 14.5. The summed E-state index contributed by atoms with van der Waals surface area (Å²) in [6.07, 6.45) is 13.4. The number of aliphatic carboxylic acids is 1. The van der Waals surface area contributed by atoms with Gasteiger partial charge in [0.25, 0.3) is 0 Å². The van der Waals surface area contributed by atoms with E-state index >= 15 is 0 Å². The van der Waals surface area contributed by atoms with Crippen molar-refractivity contribution in [2.45, 2.75) is 65.7 Å². The van der Waals surface area contributed by atoms with Crippen molar-refractivity contribution in [3.05, 3.63) is 88.1 Å². The molecule has 1 aliphatic rings. The van der Waals surface area contributed by atoms with Crippen molar-refractivity contribution in [2.24, 2.45) is 11.3 Å². The third kappa shape index (κ3) is 11.8. The van der Waals surface area contributed by atoms with Gasteiger partial charge in [-0.05, 0) is 104 Å². The zero-order valence-electron chi connectivity index (χ0n) is 23.8. The van der Waals surface area contributed by atoms with Crippen LogP contribution in [0.15, 0.2) is 66.2 Å². The summed E-state index contributed by atoms with van der Waals surface area (Å²) in [7, 11) is 0. The second-order valence-corrected chi connectivity index (χ2v) is 11.5. The Morgan fingerprint density at radius 2 is 1.87 bits per heavy atom. The number of fused-ring (bicyclic) bond motifs is 1. The van der Waals surface area contributed by atoms with E-state index in [0.717, 1.165) is 41.8 Å². The first-order chi connectivity index (χ1) is 18.2. The summed E-state index contributed by atoms with van der Waals surface area (Å²) in [5.41, 5.74) is 6.07. The number of hydrogen-bond acceptors (Lipinski definition) is 4. The molecule has 0 atom stereocenters. The summed E-state index contributed by atoms with van der Waals surface area (Å²) in [5.74, 6) is 0.469. The van der Waals surface area contributed by atoms with E-state index in [9.17, 15) is 9.90 Å². The van der Waals surface area contributed by atoms with Crippen molar-refractivity contribution in [2.75, 3.05) is 5.75 Å². The minimum atomic E-state index is -0.943. The Kier molecular flexibility index (Phi) is 14.4. The Hall–Kier alpha value is -1.56. The molecule has 39 heavy (non-hydrogen) atoms. The Bertz CT molecular complexity index is 1280. The quantitative estimate of drug-likeness (QED) is 0.195. The van der Waals surface area contributed by atoms with Gasteiger partial charge in [-0.1, -0.05) is 79.6 Å². The van der Waals surface area contributed by atoms with Crippen LogP contribution in [0, 0.1) is 11.3 Å². The van der Waals surface area contributed by atoms with Crippen molar-refractivity contribution in [3.8, 4) is 0 Å². The van der Waals surface area contributed by atoms with Gasteiger partial charge in [0.05, 0.1) is 11.2 Å². The average molecular weight is 572 g/mol. The van der Waals surface area contributed by atoms with E-state index in [2.05, 4.69) is 82.0 Å². The second-order valence-electron chi connectivity index (χ2n) is 10.8. The number of aromatic nitrogens is 1. The third-order valence-electron chi connectivity index (χ3n) is 6.93. The molecule has 0 radical (unpaired) electrons. The normalized spacial score (nSPS) is 14.2. The van der Waals surface area contributed by atoms with Crippen LogP contribution in [0.3, 0.4) is 0 Å². The number of benzene rings is 2. The first-order valence-electron chi connectivity index (χ1n) is 13.5. The molecule has 4 rings (SSSR count). The molecule has 1 aromatic heterocycles. The molecule has 3 aromatic rings. The maximum atomic E-state index is 10.1. The molecule has 1 heterocycles. The molecule has 0 amide bonds. The number of thiol groups is 1. The van der Waals surface area contributed by atoms with Crippen LogP contribution in [-0.2, 0) is 11.2 Å². The van der Waals surface area contributed by atoms with Crippen molar-refractivity contribution in [1.82, 2.24) is 4.98 Å². The Balaban J connectivity index is 0.000000453. The van der Waals surface area contributed by atoms with Crippen LogP contribution in [0.2, 0.25) is 5.02 Å². The van der Waals surface area contributed by atoms with Crippen LogP contribution < -0.4 is 34.7 Å². The van der Waals surface area contributed by atoms with Gasteiger partial charge in [-0.3, -0.25) is 0 Å². The van der Waals surface area contributed by atoms with Gasteiger partial charge in [-0.15, -0.1) is 0 Å². The van der Waals surface area contributed by atoms with Gasteiger partial charge in [-0.2, -0.15) is 12.6 Å². The predicted octanol–water partition coefficient (Wildman–Crippen LogP) is 5.21. The van der Waals surface area contributed by atoms with Crippen molar-refractivity contribution in [1.29, 1.82) is 0 Å². The molecule has 0 saturated heterocycles. The third-order valence-corrected chi connectivity index (χ3v) is 7.83. The number of hydrogen-bond donors (Lipinski definition) is 1. The summed E-state index contributed by atoms with van der Waals surface area (Å²) in [6, 6.07) is 18.7. The number of halogens is 1. The minimum Gasteiger partial charge on any atom is -0.550 e. The van der Waals surface area contributed by atoms with Crippen LogP contribution in [-0.4, -0.2) is 16.7 Å². The Morgan fingerprint density at radius 1 is 1.13 bits per heavy atom. The van der Waals surface area contributed by atoms with Crippen LogP contribution in [0.25, 0.3) is 23.1 Å². The fraction of sp³-hybridized carbons (Fsp3) is 0.394. The van der Waals surface area contributed by atoms with E-state index in [-0.39, 0.29) is 41.4 Å². The van der Waals surface area contributed by atoms with Gasteiger partial charge in [0.15, 0.2) is 0 Å². The minimum absolute atomic E-state index is 0. The van der Waals surface area contributed by atoms with Crippen LogP contribution in [0.4, 0.5) is 0 Å². The van der Waals surface area contributed by atoms with Crippen LogP contribution in [0.5, 0.6) is 0 Å². The molecule has 6 heteroatoms. The summed E-state index contributed by atoms with van der Waals surface area (Å²) in [6.45, 7) is 6.74. The van der Waals surface area contributed by atoms with Gasteiger partial charge in [0, 0.05) is 16.4 Å². The largest absolute Gasteiger partial charge is 1.00 e. The first kappa shape index (κ1) is 33.6. The monoisotopic (exact) mass is 571 g/mol. The number of carboxylic acid groups (broad SMARTS) is 1. The Labute approximate surface area is 266 Å². The molecule has 2 aromatic carbocycles. The molecule has 0 unspecified atom stereocenters. The maximum Gasteiger partial charge on any atom is 1.00 e. The molecule has 1 saturated carbocycles. The number of allylic oxidation sites excluding steroid dienone is 2. The molecular formula is C33H39ClNNaO2S. The fourth-order valence-electron chi connectivity index (χ4n) is 4.51. The number of aryl methyl sites for hydroxylation is 1. The molecule has 1 fully saturated rings. The van der Waals surface area contributed by atoms with Crippen molar-refractivity contribution < 1.29 is 39.5 Å². The van der Waals surface area contributed by atoms with E-state index < -0.39 is 5.97 Å². The number of pyridine rings is 1. The number of nitrogens with zero attached hydrogens (tertiary/aromatic N) is 1. The summed E-state index contributed by atoms with van der Waals surface area (Å²) >= 11 is 10.1. The second kappa shape index (κ2) is 16.6. The molecule has 0 aliphatic heterocycles. The van der Waals surface area contributed by atoms with E-state index in [0.29, 0.717) is 10.8 Å². The molecule has 0 N–H and O–H groups in total. The van der Waals surface area contributed by atoms with Gasteiger partial charge < -0.3 is 9.90 Å². The summed E-state index contributed by atoms with van der Waals surface area (Å²) in [4.78, 5) is 14.8. The number of carbonyl (C=O) groups is 1. The molecule has 1 aliphatic carbocycles. The topological polar surface area (TPSA) is 53.0 Å². The number of rotatable bonds is 11. The van der Waals surface area contributed by atoms with Gasteiger partial charge in [0.1, 0.15) is 0 Å². The standard InChI is InChI=1S/C27H30ClN.C6H10O2S.Na/c1-4-21(17-20(2)3)7-5-8-22-9-6-10-23(18-22)11-15-26-16-13-24-12-14-25(28)19-27(24)29-26;7-5(8)3-6(4-9)1-2-6;/h4,6,9-16,18-20H,5,7-8,17H2,1-3H3;9H,1-4H2,(H,7,8);/q;;+1/p-1/b15-11+,21-4-;;. The predicted molar refractivity (Wildman–Crippen MR) is 163 cm³/mol. The number of carboxylic acids is 1. The smallest absolute Gasteiger partial charge is 0.550 e. The van der Waals surface area contributed by atoms with Crippen molar-refractivity contribution >= 4 is 53.3 Å². The van der Waals surface area contributed by atoms with Gasteiger partial charge >= 0.3 is 29.6 Å². The molecule has 3 nitrogen and oxygen atoms in total. The van der Waals surface area contributed by atoms with Gasteiger partial charge in [-0.25, -0.2) is 4.98 Å². The summed E-state index contributed by atoms with van der Waals surface area (Å²) < 4.78 is 0. The molecular weight excluding hydrogens is 533 g/mol. The van der Waals surface area contributed by atoms with E-state index in [4.69, 9.17) is 16.6 Å². The molecule has 0 bridgehead atoms. The number of carbonyl (C=O) groups excluding carboxylic acids is 1. The molecule has 202 valence electrons. The fourth-order valence-corrected chi connectivity index (χ4v) is 5.11.